The van der Waals surface area contributed by atoms with Crippen LogP contribution in [0.4, 0.5) is 5.69 Å². The highest BCUT2D eigenvalue weighted by Crippen LogP contribution is 2.35. The number of benzene rings is 1. The Balaban J connectivity index is 2.26. The van der Waals surface area contributed by atoms with Gasteiger partial charge in [0.2, 0.25) is 0 Å². The standard InChI is InChI=1S/C16H23NO2/c1-12(19)14-5-4-6-15(9-14)17-8-7-13(11-18)10-16(17,2)3/h4-6,9,13,18H,7-8,10-11H2,1-3H3. The first-order valence-corrected chi connectivity index (χ1v) is 6.93. The van der Waals surface area contributed by atoms with E-state index in [1.165, 1.54) is 0 Å². The molecular formula is C16H23NO2. The van der Waals surface area contributed by atoms with E-state index in [2.05, 4.69) is 24.8 Å². The summed E-state index contributed by atoms with van der Waals surface area (Å²) in [6, 6.07) is 7.84. The van der Waals surface area contributed by atoms with E-state index in [1.54, 1.807) is 6.92 Å². The third-order valence-corrected chi connectivity index (χ3v) is 4.10. The molecule has 3 nitrogen and oxygen atoms in total. The third-order valence-electron chi connectivity index (χ3n) is 4.10. The Hall–Kier alpha value is -1.35. The Bertz CT molecular complexity index is 468. The van der Waals surface area contributed by atoms with Crippen LogP contribution in [0.3, 0.4) is 0 Å². The first-order valence-electron chi connectivity index (χ1n) is 6.93. The van der Waals surface area contributed by atoms with E-state index in [1.807, 2.05) is 18.2 Å². The summed E-state index contributed by atoms with van der Waals surface area (Å²) in [4.78, 5) is 13.8. The Morgan fingerprint density at radius 3 is 2.79 bits per heavy atom. The SMILES string of the molecule is CC(=O)c1cccc(N2CCC(CO)CC2(C)C)c1. The maximum Gasteiger partial charge on any atom is 0.159 e. The van der Waals surface area contributed by atoms with Crippen LogP contribution in [0, 0.1) is 5.92 Å². The topological polar surface area (TPSA) is 40.5 Å². The van der Waals surface area contributed by atoms with Crippen molar-refractivity contribution in [3.05, 3.63) is 29.8 Å². The maximum absolute atomic E-state index is 11.5. The molecule has 0 saturated carbocycles. The summed E-state index contributed by atoms with van der Waals surface area (Å²) < 4.78 is 0. The van der Waals surface area contributed by atoms with Crippen LogP contribution in [0.15, 0.2) is 24.3 Å². The molecule has 19 heavy (non-hydrogen) atoms. The average Bonchev–Trinajstić information content (AvgIpc) is 2.37. The van der Waals surface area contributed by atoms with Crippen LogP contribution in [0.2, 0.25) is 0 Å². The first-order chi connectivity index (χ1) is 8.94. The number of carbonyl (C=O) groups excluding carboxylic acids is 1. The highest BCUT2D eigenvalue weighted by molar-refractivity contribution is 5.95. The highest BCUT2D eigenvalue weighted by atomic mass is 16.3. The lowest BCUT2D eigenvalue weighted by Crippen LogP contribution is -2.50. The molecule has 1 aromatic rings. The van der Waals surface area contributed by atoms with Gasteiger partial charge >= 0.3 is 0 Å². The summed E-state index contributed by atoms with van der Waals surface area (Å²) >= 11 is 0. The molecule has 0 spiro atoms. The van der Waals surface area contributed by atoms with Crippen molar-refractivity contribution >= 4 is 11.5 Å². The van der Waals surface area contributed by atoms with E-state index in [-0.39, 0.29) is 17.9 Å². The molecule has 104 valence electrons. The van der Waals surface area contributed by atoms with Crippen molar-refractivity contribution in [3.8, 4) is 0 Å². The van der Waals surface area contributed by atoms with Gasteiger partial charge in [-0.05, 0) is 51.7 Å². The quantitative estimate of drug-likeness (QED) is 0.851. The number of ketones is 1. The molecule has 1 saturated heterocycles. The van der Waals surface area contributed by atoms with E-state index in [9.17, 15) is 9.90 Å². The van der Waals surface area contributed by atoms with E-state index < -0.39 is 0 Å². The number of piperidine rings is 1. The second-order valence-corrected chi connectivity index (χ2v) is 6.11. The van der Waals surface area contributed by atoms with Crippen LogP contribution in [0.5, 0.6) is 0 Å². The van der Waals surface area contributed by atoms with Gasteiger partial charge in [0.15, 0.2) is 5.78 Å². The van der Waals surface area contributed by atoms with Gasteiger partial charge in [-0.3, -0.25) is 4.79 Å². The van der Waals surface area contributed by atoms with Crippen LogP contribution in [0.25, 0.3) is 0 Å². The molecule has 1 N–H and O–H groups in total. The molecule has 1 atom stereocenters. The molecule has 1 heterocycles. The van der Waals surface area contributed by atoms with Gasteiger partial charge in [-0.2, -0.15) is 0 Å². The molecule has 0 aliphatic carbocycles. The van der Waals surface area contributed by atoms with Gasteiger partial charge < -0.3 is 10.0 Å². The van der Waals surface area contributed by atoms with Crippen molar-refractivity contribution in [2.45, 2.75) is 39.2 Å². The predicted octanol–water partition coefficient (Wildman–Crippen LogP) is 2.88. The van der Waals surface area contributed by atoms with Crippen molar-refractivity contribution in [2.75, 3.05) is 18.1 Å². The maximum atomic E-state index is 11.5. The molecular weight excluding hydrogens is 238 g/mol. The number of aliphatic hydroxyl groups is 1. The molecule has 2 rings (SSSR count). The van der Waals surface area contributed by atoms with Gasteiger partial charge in [0.1, 0.15) is 0 Å². The number of hydrogen-bond acceptors (Lipinski definition) is 3. The molecule has 1 fully saturated rings. The average molecular weight is 261 g/mol. The minimum absolute atomic E-state index is 0.0149. The zero-order valence-electron chi connectivity index (χ0n) is 12.0. The lowest BCUT2D eigenvalue weighted by molar-refractivity contribution is 0.101. The molecule has 0 amide bonds. The van der Waals surface area contributed by atoms with E-state index in [4.69, 9.17) is 0 Å². The Labute approximate surface area is 115 Å². The number of Topliss-reactive ketones (excluding diaryl/α,β-unsaturated/α-hetero) is 1. The lowest BCUT2D eigenvalue weighted by atomic mass is 9.82. The fraction of sp³-hybridized carbons (Fsp3) is 0.562. The summed E-state index contributed by atoms with van der Waals surface area (Å²) in [6.07, 6.45) is 1.98. The molecule has 1 aromatic carbocycles. The lowest BCUT2D eigenvalue weighted by Gasteiger charge is -2.47. The van der Waals surface area contributed by atoms with Crippen LogP contribution in [-0.2, 0) is 0 Å². The molecule has 3 heteroatoms. The van der Waals surface area contributed by atoms with Gasteiger partial charge in [-0.1, -0.05) is 12.1 Å². The molecule has 0 aromatic heterocycles. The Morgan fingerprint density at radius 2 is 2.21 bits per heavy atom. The largest absolute Gasteiger partial charge is 0.396 e. The summed E-state index contributed by atoms with van der Waals surface area (Å²) in [5, 5.41) is 9.33. The van der Waals surface area contributed by atoms with E-state index >= 15 is 0 Å². The van der Waals surface area contributed by atoms with Crippen molar-refractivity contribution < 1.29 is 9.90 Å². The molecule has 1 aliphatic rings. The second kappa shape index (κ2) is 5.33. The van der Waals surface area contributed by atoms with Crippen molar-refractivity contribution in [1.29, 1.82) is 0 Å². The number of hydrogen-bond donors (Lipinski definition) is 1. The third kappa shape index (κ3) is 2.98. The zero-order valence-corrected chi connectivity index (χ0v) is 12.0. The van der Waals surface area contributed by atoms with E-state index in [0.717, 1.165) is 30.6 Å². The molecule has 0 radical (unpaired) electrons. The van der Waals surface area contributed by atoms with Crippen molar-refractivity contribution in [2.24, 2.45) is 5.92 Å². The smallest absolute Gasteiger partial charge is 0.159 e. The first kappa shape index (κ1) is 14.1. The fourth-order valence-corrected chi connectivity index (χ4v) is 3.06. The summed E-state index contributed by atoms with van der Waals surface area (Å²) in [5.74, 6) is 0.493. The van der Waals surface area contributed by atoms with Crippen LogP contribution in [0.1, 0.15) is 44.0 Å². The van der Waals surface area contributed by atoms with E-state index in [0.29, 0.717) is 5.92 Å². The molecule has 1 unspecified atom stereocenters. The molecule has 0 bridgehead atoms. The minimum Gasteiger partial charge on any atom is -0.396 e. The van der Waals surface area contributed by atoms with Gasteiger partial charge in [0, 0.05) is 29.9 Å². The fourth-order valence-electron chi connectivity index (χ4n) is 3.06. The van der Waals surface area contributed by atoms with Crippen LogP contribution >= 0.6 is 0 Å². The summed E-state index contributed by atoms with van der Waals surface area (Å²) in [7, 11) is 0. The van der Waals surface area contributed by atoms with Gasteiger partial charge in [0.25, 0.3) is 0 Å². The molecule has 1 aliphatic heterocycles. The number of rotatable bonds is 3. The minimum atomic E-state index is 0.0149. The number of aliphatic hydroxyl groups excluding tert-OH is 1. The van der Waals surface area contributed by atoms with Gasteiger partial charge in [0.05, 0.1) is 0 Å². The Morgan fingerprint density at radius 1 is 1.47 bits per heavy atom. The van der Waals surface area contributed by atoms with Crippen molar-refractivity contribution in [3.63, 3.8) is 0 Å². The van der Waals surface area contributed by atoms with Gasteiger partial charge in [-0.25, -0.2) is 0 Å². The Kier molecular flexibility index (Phi) is 3.95. The summed E-state index contributed by atoms with van der Waals surface area (Å²) in [6.45, 7) is 7.21. The monoisotopic (exact) mass is 261 g/mol. The number of nitrogens with zero attached hydrogens (tertiary/aromatic N) is 1. The van der Waals surface area contributed by atoms with Crippen molar-refractivity contribution in [1.82, 2.24) is 0 Å². The number of carbonyl (C=O) groups is 1. The normalized spacial score (nSPS) is 22.3. The second-order valence-electron chi connectivity index (χ2n) is 6.11. The van der Waals surface area contributed by atoms with Gasteiger partial charge in [-0.15, -0.1) is 0 Å². The van der Waals surface area contributed by atoms with Crippen LogP contribution < -0.4 is 4.90 Å². The summed E-state index contributed by atoms with van der Waals surface area (Å²) in [5.41, 5.74) is 1.88. The van der Waals surface area contributed by atoms with Crippen LogP contribution in [-0.4, -0.2) is 29.6 Å². The predicted molar refractivity (Wildman–Crippen MR) is 77.7 cm³/mol. The highest BCUT2D eigenvalue weighted by Gasteiger charge is 2.34. The zero-order chi connectivity index (χ0) is 14.0. The number of anilines is 1.